The van der Waals surface area contributed by atoms with Crippen LogP contribution in [0.3, 0.4) is 0 Å². The Balaban J connectivity index is 2.22. The lowest BCUT2D eigenvalue weighted by Gasteiger charge is -2.02. The van der Waals surface area contributed by atoms with Crippen LogP contribution in [-0.4, -0.2) is 21.2 Å². The van der Waals surface area contributed by atoms with Gasteiger partial charge in [0.25, 0.3) is 0 Å². The highest BCUT2D eigenvalue weighted by atomic mass is 35.5. The highest BCUT2D eigenvalue weighted by molar-refractivity contribution is 6.31. The Morgan fingerprint density at radius 1 is 1.50 bits per heavy atom. The van der Waals surface area contributed by atoms with Gasteiger partial charge >= 0.3 is 0 Å². The van der Waals surface area contributed by atoms with Crippen LogP contribution in [0.25, 0.3) is 0 Å². The molecule has 1 aromatic carbocycles. The predicted molar refractivity (Wildman–Crippen MR) is 55.8 cm³/mol. The summed E-state index contributed by atoms with van der Waals surface area (Å²) in [5.74, 6) is -0.798. The third-order valence-electron chi connectivity index (χ3n) is 2.08. The third kappa shape index (κ3) is 2.09. The first-order valence-electron chi connectivity index (χ1n) is 4.50. The SMILES string of the molecule is O=C(Cc1cccc(F)c1Cl)c1cn[nH]n1. The standard InChI is InChI=1S/C10H7ClFN3O/c11-10-6(2-1-3-7(10)12)4-9(16)8-5-13-15-14-8/h1-3,5H,4H2,(H,13,14,15). The molecule has 82 valence electrons. The minimum absolute atomic E-state index is 0.00310. The molecule has 0 aliphatic heterocycles. The maximum absolute atomic E-state index is 13.1. The van der Waals surface area contributed by atoms with Crippen molar-refractivity contribution >= 4 is 17.4 Å². The molecule has 0 aliphatic carbocycles. The fourth-order valence-corrected chi connectivity index (χ4v) is 1.48. The van der Waals surface area contributed by atoms with Crippen molar-refractivity contribution in [3.8, 4) is 0 Å². The molecule has 2 aromatic rings. The molecule has 1 heterocycles. The Hall–Kier alpha value is -1.75. The Morgan fingerprint density at radius 2 is 2.31 bits per heavy atom. The van der Waals surface area contributed by atoms with E-state index in [0.717, 1.165) is 0 Å². The number of hydrogen-bond donors (Lipinski definition) is 1. The van der Waals surface area contributed by atoms with Gasteiger partial charge in [0.1, 0.15) is 11.5 Å². The molecule has 0 spiro atoms. The van der Waals surface area contributed by atoms with E-state index in [0.29, 0.717) is 5.56 Å². The van der Waals surface area contributed by atoms with Crippen LogP contribution in [0.5, 0.6) is 0 Å². The van der Waals surface area contributed by atoms with Crippen LogP contribution in [0, 0.1) is 5.82 Å². The fraction of sp³-hybridized carbons (Fsp3) is 0.100. The molecule has 1 aromatic heterocycles. The Morgan fingerprint density at radius 3 is 3.00 bits per heavy atom. The lowest BCUT2D eigenvalue weighted by Crippen LogP contribution is -2.05. The number of carbonyl (C=O) groups excluding carboxylic acids is 1. The minimum atomic E-state index is -0.535. The molecular weight excluding hydrogens is 233 g/mol. The lowest BCUT2D eigenvalue weighted by molar-refractivity contribution is 0.0988. The van der Waals surface area contributed by atoms with Crippen LogP contribution in [0.2, 0.25) is 5.02 Å². The summed E-state index contributed by atoms with van der Waals surface area (Å²) in [6.45, 7) is 0. The fourth-order valence-electron chi connectivity index (χ4n) is 1.28. The van der Waals surface area contributed by atoms with Gasteiger partial charge in [-0.2, -0.15) is 15.4 Å². The average molecular weight is 240 g/mol. The number of ketones is 1. The second-order valence-corrected chi connectivity index (χ2v) is 3.55. The molecule has 0 unspecified atom stereocenters. The molecule has 0 fully saturated rings. The lowest BCUT2D eigenvalue weighted by atomic mass is 10.1. The molecule has 0 radical (unpaired) electrons. The predicted octanol–water partition coefficient (Wildman–Crippen LogP) is 2.02. The number of rotatable bonds is 3. The summed E-state index contributed by atoms with van der Waals surface area (Å²) in [5, 5.41) is 9.47. The first-order valence-corrected chi connectivity index (χ1v) is 4.88. The van der Waals surface area contributed by atoms with Gasteiger partial charge in [-0.05, 0) is 11.6 Å². The van der Waals surface area contributed by atoms with Gasteiger partial charge in [-0.3, -0.25) is 4.79 Å². The zero-order chi connectivity index (χ0) is 11.5. The summed E-state index contributed by atoms with van der Waals surface area (Å²) in [5.41, 5.74) is 0.648. The molecule has 16 heavy (non-hydrogen) atoms. The van der Waals surface area contributed by atoms with Gasteiger partial charge in [0.15, 0.2) is 5.78 Å². The van der Waals surface area contributed by atoms with Gasteiger partial charge in [-0.15, -0.1) is 0 Å². The van der Waals surface area contributed by atoms with Crippen molar-refractivity contribution in [2.75, 3.05) is 0 Å². The number of aromatic amines is 1. The molecule has 1 N–H and O–H groups in total. The minimum Gasteiger partial charge on any atom is -0.292 e. The van der Waals surface area contributed by atoms with E-state index in [9.17, 15) is 9.18 Å². The van der Waals surface area contributed by atoms with E-state index in [1.165, 1.54) is 18.3 Å². The van der Waals surface area contributed by atoms with E-state index >= 15 is 0 Å². The quantitative estimate of drug-likeness (QED) is 0.834. The molecular formula is C10H7ClFN3O. The van der Waals surface area contributed by atoms with Crippen molar-refractivity contribution in [2.24, 2.45) is 0 Å². The van der Waals surface area contributed by atoms with Crippen molar-refractivity contribution in [3.63, 3.8) is 0 Å². The van der Waals surface area contributed by atoms with E-state index in [4.69, 9.17) is 11.6 Å². The summed E-state index contributed by atoms with van der Waals surface area (Å²) in [7, 11) is 0. The number of hydrogen-bond acceptors (Lipinski definition) is 3. The number of halogens is 2. The zero-order valence-corrected chi connectivity index (χ0v) is 8.83. The number of Topliss-reactive ketones (excluding diaryl/α,β-unsaturated/α-hetero) is 1. The molecule has 0 bridgehead atoms. The summed E-state index contributed by atoms with van der Waals surface area (Å²) in [6, 6.07) is 4.35. The molecule has 6 heteroatoms. The van der Waals surface area contributed by atoms with Crippen LogP contribution >= 0.6 is 11.6 Å². The van der Waals surface area contributed by atoms with E-state index in [1.54, 1.807) is 6.07 Å². The van der Waals surface area contributed by atoms with Crippen LogP contribution in [0.4, 0.5) is 4.39 Å². The summed E-state index contributed by atoms with van der Waals surface area (Å²) < 4.78 is 13.1. The van der Waals surface area contributed by atoms with Gasteiger partial charge in [0, 0.05) is 6.42 Å². The highest BCUT2D eigenvalue weighted by Crippen LogP contribution is 2.20. The smallest absolute Gasteiger partial charge is 0.189 e. The number of aromatic nitrogens is 3. The molecule has 0 aliphatic rings. The zero-order valence-electron chi connectivity index (χ0n) is 8.08. The van der Waals surface area contributed by atoms with Crippen molar-refractivity contribution in [1.82, 2.24) is 15.4 Å². The maximum atomic E-state index is 13.1. The Kier molecular flexibility index (Phi) is 2.96. The van der Waals surface area contributed by atoms with Crippen molar-refractivity contribution in [1.29, 1.82) is 0 Å². The van der Waals surface area contributed by atoms with E-state index in [2.05, 4.69) is 15.4 Å². The third-order valence-corrected chi connectivity index (χ3v) is 2.51. The number of nitrogens with one attached hydrogen (secondary N) is 1. The van der Waals surface area contributed by atoms with Gasteiger partial charge in [0.05, 0.1) is 11.2 Å². The van der Waals surface area contributed by atoms with Crippen LogP contribution < -0.4 is 0 Å². The van der Waals surface area contributed by atoms with Crippen LogP contribution in [-0.2, 0) is 6.42 Å². The molecule has 2 rings (SSSR count). The summed E-state index contributed by atoms with van der Waals surface area (Å²) >= 11 is 5.73. The van der Waals surface area contributed by atoms with Gasteiger partial charge in [-0.1, -0.05) is 23.7 Å². The highest BCUT2D eigenvalue weighted by Gasteiger charge is 2.13. The second kappa shape index (κ2) is 4.40. The molecule has 0 saturated carbocycles. The number of benzene rings is 1. The van der Waals surface area contributed by atoms with Crippen LogP contribution in [0.1, 0.15) is 16.1 Å². The van der Waals surface area contributed by atoms with Gasteiger partial charge < -0.3 is 0 Å². The van der Waals surface area contributed by atoms with E-state index in [1.807, 2.05) is 0 Å². The van der Waals surface area contributed by atoms with E-state index in [-0.39, 0.29) is 22.9 Å². The van der Waals surface area contributed by atoms with Crippen molar-refractivity contribution in [2.45, 2.75) is 6.42 Å². The topological polar surface area (TPSA) is 58.6 Å². The summed E-state index contributed by atoms with van der Waals surface area (Å²) in [4.78, 5) is 11.6. The second-order valence-electron chi connectivity index (χ2n) is 3.17. The first-order chi connectivity index (χ1) is 7.68. The Labute approximate surface area is 95.4 Å². The number of H-pyrrole nitrogens is 1. The first kappa shape index (κ1) is 10.8. The maximum Gasteiger partial charge on any atom is 0.189 e. The monoisotopic (exact) mass is 239 g/mol. The number of nitrogens with zero attached hydrogens (tertiary/aromatic N) is 2. The van der Waals surface area contributed by atoms with Gasteiger partial charge in [0.2, 0.25) is 0 Å². The summed E-state index contributed by atoms with van der Waals surface area (Å²) in [6.07, 6.45) is 1.32. The Bertz CT molecular complexity index is 513. The molecule has 0 atom stereocenters. The van der Waals surface area contributed by atoms with Crippen molar-refractivity contribution in [3.05, 3.63) is 46.5 Å². The largest absolute Gasteiger partial charge is 0.292 e. The van der Waals surface area contributed by atoms with Gasteiger partial charge in [-0.25, -0.2) is 4.39 Å². The van der Waals surface area contributed by atoms with E-state index < -0.39 is 5.82 Å². The van der Waals surface area contributed by atoms with Crippen molar-refractivity contribution < 1.29 is 9.18 Å². The van der Waals surface area contributed by atoms with Crippen LogP contribution in [0.15, 0.2) is 24.4 Å². The normalized spacial score (nSPS) is 10.4. The molecule has 0 amide bonds. The number of carbonyl (C=O) groups is 1. The molecule has 4 nitrogen and oxygen atoms in total. The molecule has 0 saturated heterocycles. The average Bonchev–Trinajstić information content (AvgIpc) is 2.78.